The van der Waals surface area contributed by atoms with E-state index in [1.165, 1.54) is 11.3 Å². The van der Waals surface area contributed by atoms with E-state index in [4.69, 9.17) is 4.74 Å². The minimum atomic E-state index is 0.328. The Kier molecular flexibility index (Phi) is 3.66. The smallest absolute Gasteiger partial charge is 0.138 e. The molecule has 0 bridgehead atoms. The van der Waals surface area contributed by atoms with Crippen LogP contribution in [0.4, 0.5) is 5.82 Å². The van der Waals surface area contributed by atoms with Crippen LogP contribution in [0.5, 0.6) is 0 Å². The molecule has 0 aliphatic carbocycles. The minimum Gasteiger partial charge on any atom is -0.376 e. The fraction of sp³-hybridized carbons (Fsp3) is 0.571. The van der Waals surface area contributed by atoms with Crippen molar-refractivity contribution < 1.29 is 4.74 Å². The van der Waals surface area contributed by atoms with Gasteiger partial charge in [0.2, 0.25) is 0 Å². The first-order valence-electron chi connectivity index (χ1n) is 6.89. The predicted octanol–water partition coefficient (Wildman–Crippen LogP) is 3.15. The van der Waals surface area contributed by atoms with E-state index in [0.29, 0.717) is 6.10 Å². The molecule has 5 heteroatoms. The number of hydrogen-bond acceptors (Lipinski definition) is 5. The highest BCUT2D eigenvalue weighted by atomic mass is 32.1. The molecule has 3 rings (SSSR count). The average Bonchev–Trinajstić information content (AvgIpc) is 3.04. The van der Waals surface area contributed by atoms with Crippen molar-refractivity contribution in [2.24, 2.45) is 0 Å². The Morgan fingerprint density at radius 1 is 1.47 bits per heavy atom. The topological polar surface area (TPSA) is 47.0 Å². The number of ether oxygens (including phenoxy) is 1. The summed E-state index contributed by atoms with van der Waals surface area (Å²) in [5.74, 6) is 1.78. The molecule has 2 aromatic heterocycles. The molecule has 4 nitrogen and oxygen atoms in total. The quantitative estimate of drug-likeness (QED) is 0.932. The molecule has 19 heavy (non-hydrogen) atoms. The third-order valence-electron chi connectivity index (χ3n) is 3.43. The summed E-state index contributed by atoms with van der Waals surface area (Å²) in [6.45, 7) is 5.85. The Balaban J connectivity index is 1.85. The first kappa shape index (κ1) is 12.8. The maximum absolute atomic E-state index is 5.64. The van der Waals surface area contributed by atoms with Crippen molar-refractivity contribution in [3.05, 3.63) is 16.8 Å². The van der Waals surface area contributed by atoms with Crippen molar-refractivity contribution in [2.45, 2.75) is 39.2 Å². The number of hydrogen-bond donors (Lipinski definition) is 1. The maximum Gasteiger partial charge on any atom is 0.138 e. The van der Waals surface area contributed by atoms with Crippen LogP contribution >= 0.6 is 11.3 Å². The van der Waals surface area contributed by atoms with Gasteiger partial charge in [-0.25, -0.2) is 9.97 Å². The molecule has 1 aliphatic heterocycles. The van der Waals surface area contributed by atoms with E-state index >= 15 is 0 Å². The second-order valence-electron chi connectivity index (χ2n) is 4.92. The van der Waals surface area contributed by atoms with Crippen LogP contribution in [0, 0.1) is 6.92 Å². The Hall–Kier alpha value is -1.20. The van der Waals surface area contributed by atoms with Crippen LogP contribution in [0.15, 0.2) is 6.07 Å². The van der Waals surface area contributed by atoms with Gasteiger partial charge in [0.15, 0.2) is 0 Å². The lowest BCUT2D eigenvalue weighted by Crippen LogP contribution is -2.19. The zero-order valence-corrected chi connectivity index (χ0v) is 12.2. The van der Waals surface area contributed by atoms with Crippen LogP contribution in [-0.4, -0.2) is 29.2 Å². The summed E-state index contributed by atoms with van der Waals surface area (Å²) in [4.78, 5) is 11.5. The standard InChI is InChI=1S/C14H19N3OS/c1-3-11-7-12-13(15-8-10-5-4-6-18-10)16-9(2)17-14(12)19-11/h7,10H,3-6,8H2,1-2H3,(H,15,16,17)/t10-/m1/s1. The van der Waals surface area contributed by atoms with Gasteiger partial charge >= 0.3 is 0 Å². The number of nitrogens with zero attached hydrogens (tertiary/aromatic N) is 2. The van der Waals surface area contributed by atoms with Crippen molar-refractivity contribution in [1.29, 1.82) is 0 Å². The van der Waals surface area contributed by atoms with Crippen LogP contribution < -0.4 is 5.32 Å². The highest BCUT2D eigenvalue weighted by Gasteiger charge is 2.16. The van der Waals surface area contributed by atoms with Crippen LogP contribution in [0.25, 0.3) is 10.2 Å². The lowest BCUT2D eigenvalue weighted by atomic mass is 10.2. The van der Waals surface area contributed by atoms with E-state index in [-0.39, 0.29) is 0 Å². The molecule has 3 heterocycles. The van der Waals surface area contributed by atoms with Gasteiger partial charge in [-0.1, -0.05) is 6.92 Å². The molecule has 0 saturated carbocycles. The van der Waals surface area contributed by atoms with E-state index in [9.17, 15) is 0 Å². The van der Waals surface area contributed by atoms with Crippen LogP contribution in [-0.2, 0) is 11.2 Å². The lowest BCUT2D eigenvalue weighted by molar-refractivity contribution is 0.120. The van der Waals surface area contributed by atoms with Crippen molar-refractivity contribution in [3.8, 4) is 0 Å². The van der Waals surface area contributed by atoms with Gasteiger partial charge in [0.05, 0.1) is 11.5 Å². The van der Waals surface area contributed by atoms with Gasteiger partial charge in [0.25, 0.3) is 0 Å². The second-order valence-corrected chi connectivity index (χ2v) is 6.04. The monoisotopic (exact) mass is 277 g/mol. The number of fused-ring (bicyclic) bond motifs is 1. The Bertz CT molecular complexity index is 575. The lowest BCUT2D eigenvalue weighted by Gasteiger charge is -2.12. The first-order chi connectivity index (χ1) is 9.26. The van der Waals surface area contributed by atoms with Crippen molar-refractivity contribution >= 4 is 27.4 Å². The van der Waals surface area contributed by atoms with Crippen molar-refractivity contribution in [3.63, 3.8) is 0 Å². The fourth-order valence-corrected chi connectivity index (χ4v) is 3.42. The number of thiophene rings is 1. The van der Waals surface area contributed by atoms with Gasteiger partial charge in [0, 0.05) is 18.0 Å². The molecule has 1 fully saturated rings. The van der Waals surface area contributed by atoms with Crippen LogP contribution in [0.3, 0.4) is 0 Å². The van der Waals surface area contributed by atoms with Crippen LogP contribution in [0.1, 0.15) is 30.5 Å². The fourth-order valence-electron chi connectivity index (χ4n) is 2.40. The van der Waals surface area contributed by atoms with Gasteiger partial charge in [-0.15, -0.1) is 11.3 Å². The largest absolute Gasteiger partial charge is 0.376 e. The van der Waals surface area contributed by atoms with Gasteiger partial charge in [-0.2, -0.15) is 0 Å². The molecule has 1 saturated heterocycles. The van der Waals surface area contributed by atoms with Gasteiger partial charge in [-0.3, -0.25) is 0 Å². The first-order valence-corrected chi connectivity index (χ1v) is 7.70. The Labute approximate surface area is 117 Å². The third kappa shape index (κ3) is 2.72. The second kappa shape index (κ2) is 5.43. The van der Waals surface area contributed by atoms with E-state index in [2.05, 4.69) is 28.3 Å². The van der Waals surface area contributed by atoms with Gasteiger partial charge in [0.1, 0.15) is 16.5 Å². The summed E-state index contributed by atoms with van der Waals surface area (Å²) in [6, 6.07) is 2.21. The summed E-state index contributed by atoms with van der Waals surface area (Å²) in [6.07, 6.45) is 3.69. The Morgan fingerprint density at radius 3 is 3.11 bits per heavy atom. The van der Waals surface area contributed by atoms with E-state index in [1.807, 2.05) is 6.92 Å². The number of nitrogens with one attached hydrogen (secondary N) is 1. The molecule has 0 amide bonds. The molecular formula is C14H19N3OS. The number of aromatic nitrogens is 2. The zero-order valence-electron chi connectivity index (χ0n) is 11.4. The number of rotatable bonds is 4. The molecule has 2 aromatic rings. The van der Waals surface area contributed by atoms with Crippen molar-refractivity contribution in [2.75, 3.05) is 18.5 Å². The molecule has 0 aromatic carbocycles. The average molecular weight is 277 g/mol. The molecule has 0 spiro atoms. The maximum atomic E-state index is 5.64. The third-order valence-corrected chi connectivity index (χ3v) is 4.60. The van der Waals surface area contributed by atoms with Gasteiger partial charge < -0.3 is 10.1 Å². The van der Waals surface area contributed by atoms with Crippen molar-refractivity contribution in [1.82, 2.24) is 9.97 Å². The summed E-state index contributed by atoms with van der Waals surface area (Å²) in [5, 5.41) is 4.58. The molecule has 1 atom stereocenters. The summed E-state index contributed by atoms with van der Waals surface area (Å²) < 4.78 is 5.64. The zero-order chi connectivity index (χ0) is 13.2. The number of aryl methyl sites for hydroxylation is 2. The molecule has 1 N–H and O–H groups in total. The van der Waals surface area contributed by atoms with E-state index in [1.54, 1.807) is 11.3 Å². The highest BCUT2D eigenvalue weighted by Crippen LogP contribution is 2.29. The molecule has 1 aliphatic rings. The number of anilines is 1. The van der Waals surface area contributed by atoms with E-state index < -0.39 is 0 Å². The summed E-state index contributed by atoms with van der Waals surface area (Å²) in [7, 11) is 0. The summed E-state index contributed by atoms with van der Waals surface area (Å²) in [5.41, 5.74) is 0. The Morgan fingerprint density at radius 2 is 2.37 bits per heavy atom. The molecular weight excluding hydrogens is 258 g/mol. The highest BCUT2D eigenvalue weighted by molar-refractivity contribution is 7.18. The predicted molar refractivity (Wildman–Crippen MR) is 79.0 cm³/mol. The molecule has 0 radical (unpaired) electrons. The normalized spacial score (nSPS) is 19.2. The van der Waals surface area contributed by atoms with Gasteiger partial charge in [-0.05, 0) is 32.3 Å². The molecule has 0 unspecified atom stereocenters. The molecule has 102 valence electrons. The van der Waals surface area contributed by atoms with E-state index in [0.717, 1.165) is 47.9 Å². The SMILES string of the molecule is CCc1cc2c(NC[C@H]3CCCO3)nc(C)nc2s1. The summed E-state index contributed by atoms with van der Waals surface area (Å²) >= 11 is 1.76. The van der Waals surface area contributed by atoms with Crippen LogP contribution in [0.2, 0.25) is 0 Å². The minimum absolute atomic E-state index is 0.328.